The minimum absolute atomic E-state index is 0.116. The number of carboxylic acids is 1. The molecule has 0 unspecified atom stereocenters. The normalized spacial score (nSPS) is 23.4. The third-order valence-electron chi connectivity index (χ3n) is 5.85. The highest BCUT2D eigenvalue weighted by atomic mass is 19.1. The second-order valence-electron chi connectivity index (χ2n) is 7.81. The standard InChI is InChI=1S/C22H24FNO6/c1-28-17-8-15(9-18-20(17)30-13-29-18)11-24-7-6-19(25)22(12-24,21(26)27)10-14-2-4-16(23)5-3-14/h2-5,8-9,19,25H,6-7,10-13H2,1H3,(H,26,27)/t19-,22-/m1/s1. The van der Waals surface area contributed by atoms with Crippen LogP contribution < -0.4 is 14.2 Å². The lowest BCUT2D eigenvalue weighted by Gasteiger charge is -2.43. The second kappa shape index (κ2) is 8.12. The number of aliphatic hydroxyl groups excluding tert-OH is 1. The quantitative estimate of drug-likeness (QED) is 0.746. The largest absolute Gasteiger partial charge is 0.493 e. The molecular formula is C22H24FNO6. The number of carbonyl (C=O) groups is 1. The Labute approximate surface area is 173 Å². The van der Waals surface area contributed by atoms with Crippen LogP contribution in [0, 0.1) is 11.2 Å². The van der Waals surface area contributed by atoms with Gasteiger partial charge in [-0.3, -0.25) is 9.69 Å². The minimum Gasteiger partial charge on any atom is -0.493 e. The number of rotatable bonds is 6. The Morgan fingerprint density at radius 1 is 1.27 bits per heavy atom. The molecule has 0 bridgehead atoms. The summed E-state index contributed by atoms with van der Waals surface area (Å²) in [5.74, 6) is 0.273. The predicted molar refractivity (Wildman–Crippen MR) is 105 cm³/mol. The van der Waals surface area contributed by atoms with Crippen LogP contribution in [0.5, 0.6) is 17.2 Å². The summed E-state index contributed by atoms with van der Waals surface area (Å²) >= 11 is 0. The Kier molecular flexibility index (Phi) is 5.53. The first-order chi connectivity index (χ1) is 14.4. The van der Waals surface area contributed by atoms with E-state index in [0.717, 1.165) is 5.56 Å². The molecule has 0 aliphatic carbocycles. The van der Waals surface area contributed by atoms with Gasteiger partial charge in [-0.2, -0.15) is 0 Å². The molecule has 0 amide bonds. The molecule has 2 atom stereocenters. The molecule has 2 heterocycles. The molecule has 30 heavy (non-hydrogen) atoms. The molecule has 0 spiro atoms. The van der Waals surface area contributed by atoms with Crippen LogP contribution in [0.1, 0.15) is 17.5 Å². The van der Waals surface area contributed by atoms with Gasteiger partial charge in [-0.25, -0.2) is 4.39 Å². The predicted octanol–water partition coefficient (Wildman–Crippen LogP) is 2.44. The summed E-state index contributed by atoms with van der Waals surface area (Å²) in [5.41, 5.74) is 0.189. The molecule has 0 radical (unpaired) electrons. The van der Waals surface area contributed by atoms with Crippen molar-refractivity contribution in [2.45, 2.75) is 25.5 Å². The maximum absolute atomic E-state index is 13.3. The summed E-state index contributed by atoms with van der Waals surface area (Å²) in [6.07, 6.45) is -0.553. The lowest BCUT2D eigenvalue weighted by molar-refractivity contribution is -0.163. The van der Waals surface area contributed by atoms with Gasteiger partial charge in [0.15, 0.2) is 11.5 Å². The van der Waals surface area contributed by atoms with E-state index in [1.165, 1.54) is 12.1 Å². The Balaban J connectivity index is 1.57. The van der Waals surface area contributed by atoms with E-state index in [9.17, 15) is 19.4 Å². The first kappa shape index (κ1) is 20.4. The van der Waals surface area contributed by atoms with Gasteiger partial charge in [0.2, 0.25) is 12.5 Å². The first-order valence-corrected chi connectivity index (χ1v) is 9.76. The summed E-state index contributed by atoms with van der Waals surface area (Å²) in [4.78, 5) is 14.3. The fraction of sp³-hybridized carbons (Fsp3) is 0.409. The van der Waals surface area contributed by atoms with E-state index in [0.29, 0.717) is 42.3 Å². The molecule has 7 nitrogen and oxygen atoms in total. The molecule has 160 valence electrons. The van der Waals surface area contributed by atoms with Gasteiger partial charge < -0.3 is 24.4 Å². The van der Waals surface area contributed by atoms with Crippen LogP contribution in [0.3, 0.4) is 0 Å². The molecule has 1 saturated heterocycles. The maximum Gasteiger partial charge on any atom is 0.313 e. The summed E-state index contributed by atoms with van der Waals surface area (Å²) in [6, 6.07) is 9.44. The number of piperidine rings is 1. The average molecular weight is 417 g/mol. The molecule has 0 aromatic heterocycles. The lowest BCUT2D eigenvalue weighted by Crippen LogP contribution is -2.56. The van der Waals surface area contributed by atoms with E-state index in [4.69, 9.17) is 14.2 Å². The van der Waals surface area contributed by atoms with Crippen LogP contribution in [0.2, 0.25) is 0 Å². The van der Waals surface area contributed by atoms with Crippen molar-refractivity contribution in [3.05, 3.63) is 53.3 Å². The third-order valence-corrected chi connectivity index (χ3v) is 5.85. The summed E-state index contributed by atoms with van der Waals surface area (Å²) in [5, 5.41) is 20.7. The Hall–Kier alpha value is -2.84. The number of aliphatic carboxylic acids is 1. The highest BCUT2D eigenvalue weighted by Crippen LogP contribution is 2.42. The fourth-order valence-corrected chi connectivity index (χ4v) is 4.26. The van der Waals surface area contributed by atoms with Crippen molar-refractivity contribution < 1.29 is 33.6 Å². The van der Waals surface area contributed by atoms with Crippen molar-refractivity contribution >= 4 is 5.97 Å². The molecule has 0 saturated carbocycles. The number of methoxy groups -OCH3 is 1. The molecule has 2 N–H and O–H groups in total. The highest BCUT2D eigenvalue weighted by Gasteiger charge is 2.49. The van der Waals surface area contributed by atoms with Gasteiger partial charge in [0.25, 0.3) is 0 Å². The molecular weight excluding hydrogens is 393 g/mol. The third kappa shape index (κ3) is 3.80. The van der Waals surface area contributed by atoms with Crippen molar-refractivity contribution in [2.24, 2.45) is 5.41 Å². The number of fused-ring (bicyclic) bond motifs is 1. The summed E-state index contributed by atoms with van der Waals surface area (Å²) in [6.45, 7) is 1.32. The summed E-state index contributed by atoms with van der Waals surface area (Å²) < 4.78 is 29.5. The Morgan fingerprint density at radius 3 is 2.73 bits per heavy atom. The number of hydrogen-bond acceptors (Lipinski definition) is 6. The monoisotopic (exact) mass is 417 g/mol. The van der Waals surface area contributed by atoms with Gasteiger partial charge in [-0.15, -0.1) is 0 Å². The van der Waals surface area contributed by atoms with E-state index < -0.39 is 17.5 Å². The molecule has 2 aliphatic heterocycles. The number of ether oxygens (including phenoxy) is 3. The zero-order chi connectivity index (χ0) is 21.3. The maximum atomic E-state index is 13.3. The molecule has 1 fully saturated rings. The van der Waals surface area contributed by atoms with Crippen LogP contribution in [0.4, 0.5) is 4.39 Å². The van der Waals surface area contributed by atoms with Crippen LogP contribution in [0.15, 0.2) is 36.4 Å². The van der Waals surface area contributed by atoms with Gasteiger partial charge in [0.05, 0.1) is 13.2 Å². The smallest absolute Gasteiger partial charge is 0.313 e. The van der Waals surface area contributed by atoms with Gasteiger partial charge in [-0.05, 0) is 48.2 Å². The summed E-state index contributed by atoms with van der Waals surface area (Å²) in [7, 11) is 1.55. The van der Waals surface area contributed by atoms with Gasteiger partial charge >= 0.3 is 5.97 Å². The van der Waals surface area contributed by atoms with Crippen LogP contribution in [-0.2, 0) is 17.8 Å². The van der Waals surface area contributed by atoms with Crippen molar-refractivity contribution in [3.63, 3.8) is 0 Å². The highest BCUT2D eigenvalue weighted by molar-refractivity contribution is 5.76. The van der Waals surface area contributed by atoms with Gasteiger partial charge in [0, 0.05) is 19.6 Å². The topological polar surface area (TPSA) is 88.5 Å². The molecule has 4 rings (SSSR count). The lowest BCUT2D eigenvalue weighted by atomic mass is 9.72. The van der Waals surface area contributed by atoms with E-state index in [-0.39, 0.29) is 25.6 Å². The second-order valence-corrected chi connectivity index (χ2v) is 7.81. The number of benzene rings is 2. The Morgan fingerprint density at radius 2 is 2.03 bits per heavy atom. The molecule has 2 aromatic carbocycles. The zero-order valence-electron chi connectivity index (χ0n) is 16.6. The average Bonchev–Trinajstić information content (AvgIpc) is 3.20. The SMILES string of the molecule is COc1cc(CN2CC[C@@H](O)[C@](Cc3ccc(F)cc3)(C(=O)O)C2)cc2c1OCO2. The molecule has 2 aromatic rings. The van der Waals surface area contributed by atoms with Crippen molar-refractivity contribution in [1.29, 1.82) is 0 Å². The number of hydrogen-bond donors (Lipinski definition) is 2. The van der Waals surface area contributed by atoms with Crippen molar-refractivity contribution in [3.8, 4) is 17.2 Å². The van der Waals surface area contributed by atoms with E-state index >= 15 is 0 Å². The van der Waals surface area contributed by atoms with Gasteiger partial charge in [-0.1, -0.05) is 12.1 Å². The van der Waals surface area contributed by atoms with Crippen LogP contribution in [0.25, 0.3) is 0 Å². The van der Waals surface area contributed by atoms with Crippen molar-refractivity contribution in [1.82, 2.24) is 4.90 Å². The fourth-order valence-electron chi connectivity index (χ4n) is 4.26. The van der Waals surface area contributed by atoms with Crippen molar-refractivity contribution in [2.75, 3.05) is 27.0 Å². The number of nitrogens with zero attached hydrogens (tertiary/aromatic N) is 1. The van der Waals surface area contributed by atoms with Gasteiger partial charge in [0.1, 0.15) is 11.2 Å². The molecule has 2 aliphatic rings. The van der Waals surface area contributed by atoms with E-state index in [1.54, 1.807) is 19.2 Å². The van der Waals surface area contributed by atoms with Crippen LogP contribution >= 0.6 is 0 Å². The number of carboxylic acid groups (broad SMARTS) is 1. The molecule has 8 heteroatoms. The van der Waals surface area contributed by atoms with E-state index in [2.05, 4.69) is 0 Å². The number of aliphatic hydroxyl groups is 1. The number of likely N-dealkylation sites (tertiary alicyclic amines) is 1. The zero-order valence-corrected chi connectivity index (χ0v) is 16.6. The Bertz CT molecular complexity index is 934. The first-order valence-electron chi connectivity index (χ1n) is 9.76. The minimum atomic E-state index is -1.38. The van der Waals surface area contributed by atoms with Crippen LogP contribution in [-0.4, -0.2) is 54.2 Å². The van der Waals surface area contributed by atoms with E-state index in [1.807, 2.05) is 17.0 Å². The number of halogens is 1.